The zero-order chi connectivity index (χ0) is 30.8. The Morgan fingerprint density at radius 3 is 1.71 bits per heavy atom. The Kier molecular flexibility index (Phi) is 11.2. The Balaban J connectivity index is 2.25. The van der Waals surface area contributed by atoms with Gasteiger partial charge in [0.15, 0.2) is 0 Å². The van der Waals surface area contributed by atoms with E-state index in [9.17, 15) is 37.1 Å². The van der Waals surface area contributed by atoms with E-state index in [-0.39, 0.29) is 12.2 Å². The van der Waals surface area contributed by atoms with Crippen LogP contribution in [-0.2, 0) is 36.9 Å². The standard InChI is InChI=1S/C27H31F3N4O7/c1-16(21(35)32-18(3)23(37)38)31-22(36)17(2)33-24(39)26(27(28,29)30,14-19-10-6-4-7-11-19)34-25(40)41-15-20-12-8-5-9-13-20/h4-13,16-18H,14-15H2,1-3H3,(H,31,36)(H,32,35)(H,33,39)(H,34,40)(H,37,38)/t16-,17-,18-,26?/m0/s1. The second-order valence-electron chi connectivity index (χ2n) is 9.25. The number of alkyl carbamates (subject to hydrolysis) is 1. The van der Waals surface area contributed by atoms with Crippen molar-refractivity contribution in [2.45, 2.75) is 63.6 Å². The van der Waals surface area contributed by atoms with Crippen molar-refractivity contribution in [1.82, 2.24) is 21.3 Å². The third-order valence-corrected chi connectivity index (χ3v) is 5.93. The van der Waals surface area contributed by atoms with E-state index >= 15 is 0 Å². The fourth-order valence-corrected chi connectivity index (χ4v) is 3.51. The third kappa shape index (κ3) is 9.22. The van der Waals surface area contributed by atoms with Gasteiger partial charge in [-0.25, -0.2) is 4.79 Å². The van der Waals surface area contributed by atoms with Crippen LogP contribution >= 0.6 is 0 Å². The van der Waals surface area contributed by atoms with Crippen LogP contribution in [0.25, 0.3) is 0 Å². The summed E-state index contributed by atoms with van der Waals surface area (Å²) < 4.78 is 48.9. The highest BCUT2D eigenvalue weighted by Crippen LogP contribution is 2.34. The van der Waals surface area contributed by atoms with E-state index in [2.05, 4.69) is 10.6 Å². The molecule has 4 atom stereocenters. The summed E-state index contributed by atoms with van der Waals surface area (Å²) in [6.45, 7) is 3.12. The quantitative estimate of drug-likeness (QED) is 0.257. The SMILES string of the molecule is C[C@H](NC(=O)[C@H](C)NC(=O)[C@H](C)NC(=O)C(Cc1ccccc1)(NC(=O)OCc1ccccc1)C(F)(F)F)C(=O)O. The molecular weight excluding hydrogens is 549 g/mol. The summed E-state index contributed by atoms with van der Waals surface area (Å²) in [4.78, 5) is 61.5. The number of aliphatic carboxylic acids is 1. The number of hydrogen-bond acceptors (Lipinski definition) is 6. The van der Waals surface area contributed by atoms with Gasteiger partial charge in [0.1, 0.15) is 24.7 Å². The minimum Gasteiger partial charge on any atom is -0.480 e. The van der Waals surface area contributed by atoms with Gasteiger partial charge in [-0.2, -0.15) is 13.2 Å². The van der Waals surface area contributed by atoms with Crippen molar-refractivity contribution in [3.05, 3.63) is 71.8 Å². The van der Waals surface area contributed by atoms with Crippen LogP contribution in [0.15, 0.2) is 60.7 Å². The fraction of sp³-hybridized carbons (Fsp3) is 0.370. The van der Waals surface area contributed by atoms with Crippen molar-refractivity contribution < 1.29 is 47.0 Å². The lowest BCUT2D eigenvalue weighted by atomic mass is 9.88. The molecule has 2 rings (SSSR count). The van der Waals surface area contributed by atoms with Crippen molar-refractivity contribution in [2.75, 3.05) is 0 Å². The molecule has 0 heterocycles. The van der Waals surface area contributed by atoms with Crippen LogP contribution in [0.4, 0.5) is 18.0 Å². The number of rotatable bonds is 12. The highest BCUT2D eigenvalue weighted by atomic mass is 19.4. The molecule has 4 amide bonds. The molecule has 11 nitrogen and oxygen atoms in total. The summed E-state index contributed by atoms with van der Waals surface area (Å²) in [6, 6.07) is 11.1. The maximum Gasteiger partial charge on any atom is 0.421 e. The molecule has 0 saturated heterocycles. The maximum absolute atomic E-state index is 14.7. The van der Waals surface area contributed by atoms with E-state index in [0.29, 0.717) is 5.56 Å². The van der Waals surface area contributed by atoms with Crippen molar-refractivity contribution in [1.29, 1.82) is 0 Å². The molecule has 1 unspecified atom stereocenters. The monoisotopic (exact) mass is 580 g/mol. The van der Waals surface area contributed by atoms with Crippen molar-refractivity contribution >= 4 is 29.8 Å². The number of ether oxygens (including phenoxy) is 1. The van der Waals surface area contributed by atoms with Crippen LogP contribution in [0.5, 0.6) is 0 Å². The number of carboxylic acid groups (broad SMARTS) is 1. The summed E-state index contributed by atoms with van der Waals surface area (Å²) in [7, 11) is 0. The average molecular weight is 581 g/mol. The van der Waals surface area contributed by atoms with Gasteiger partial charge in [-0.05, 0) is 31.9 Å². The van der Waals surface area contributed by atoms with Gasteiger partial charge in [0.25, 0.3) is 5.91 Å². The minimum atomic E-state index is -5.35. The highest BCUT2D eigenvalue weighted by molar-refractivity contribution is 5.96. The van der Waals surface area contributed by atoms with Crippen LogP contribution in [0, 0.1) is 0 Å². The number of amides is 4. The number of benzene rings is 2. The summed E-state index contributed by atoms with van der Waals surface area (Å²) in [5, 5.41) is 16.9. The molecule has 5 N–H and O–H groups in total. The van der Waals surface area contributed by atoms with Crippen molar-refractivity contribution in [3.8, 4) is 0 Å². The zero-order valence-electron chi connectivity index (χ0n) is 22.5. The number of carbonyl (C=O) groups is 5. The topological polar surface area (TPSA) is 163 Å². The first-order chi connectivity index (χ1) is 19.2. The molecule has 0 aliphatic heterocycles. The predicted octanol–water partition coefficient (Wildman–Crippen LogP) is 2.06. The molecule has 0 aliphatic rings. The van der Waals surface area contributed by atoms with Gasteiger partial charge in [0.2, 0.25) is 17.4 Å². The molecule has 0 radical (unpaired) electrons. The Morgan fingerprint density at radius 1 is 0.756 bits per heavy atom. The number of halogens is 3. The first kappa shape index (κ1) is 32.6. The summed E-state index contributed by atoms with van der Waals surface area (Å²) >= 11 is 0. The largest absolute Gasteiger partial charge is 0.480 e. The van der Waals surface area contributed by atoms with E-state index in [1.165, 1.54) is 38.1 Å². The third-order valence-electron chi connectivity index (χ3n) is 5.93. The van der Waals surface area contributed by atoms with E-state index in [1.54, 1.807) is 41.7 Å². The van der Waals surface area contributed by atoms with Gasteiger partial charge >= 0.3 is 18.2 Å². The van der Waals surface area contributed by atoms with E-state index in [4.69, 9.17) is 9.84 Å². The number of hydrogen-bond donors (Lipinski definition) is 5. The Bertz CT molecular complexity index is 1230. The van der Waals surface area contributed by atoms with Gasteiger partial charge in [-0.1, -0.05) is 60.7 Å². The molecular formula is C27H31F3N4O7. The van der Waals surface area contributed by atoms with Crippen LogP contribution in [0.3, 0.4) is 0 Å². The Hall–Kier alpha value is -4.62. The molecule has 2 aromatic carbocycles. The second-order valence-corrected chi connectivity index (χ2v) is 9.25. The van der Waals surface area contributed by atoms with E-state index in [0.717, 1.165) is 6.92 Å². The molecule has 41 heavy (non-hydrogen) atoms. The van der Waals surface area contributed by atoms with E-state index < -0.39 is 66.0 Å². The molecule has 0 aliphatic carbocycles. The Morgan fingerprint density at radius 2 is 1.22 bits per heavy atom. The average Bonchev–Trinajstić information content (AvgIpc) is 2.91. The zero-order valence-corrected chi connectivity index (χ0v) is 22.5. The lowest BCUT2D eigenvalue weighted by Crippen LogP contribution is -2.70. The van der Waals surface area contributed by atoms with E-state index in [1.807, 2.05) is 5.32 Å². The lowest BCUT2D eigenvalue weighted by Gasteiger charge is -2.35. The first-order valence-electron chi connectivity index (χ1n) is 12.4. The fourth-order valence-electron chi connectivity index (χ4n) is 3.51. The van der Waals surface area contributed by atoms with Crippen LogP contribution in [0.1, 0.15) is 31.9 Å². The van der Waals surface area contributed by atoms with Gasteiger partial charge in [-0.15, -0.1) is 0 Å². The van der Waals surface area contributed by atoms with Crippen LogP contribution < -0.4 is 21.3 Å². The molecule has 222 valence electrons. The van der Waals surface area contributed by atoms with Crippen LogP contribution in [-0.4, -0.2) is 64.7 Å². The number of carbonyl (C=O) groups excluding carboxylic acids is 4. The molecule has 0 spiro atoms. The first-order valence-corrected chi connectivity index (χ1v) is 12.4. The van der Waals surface area contributed by atoms with Crippen molar-refractivity contribution in [2.24, 2.45) is 0 Å². The summed E-state index contributed by atoms with van der Waals surface area (Å²) in [5.74, 6) is -4.98. The minimum absolute atomic E-state index is 0.0540. The lowest BCUT2D eigenvalue weighted by molar-refractivity contribution is -0.198. The summed E-state index contributed by atoms with van der Waals surface area (Å²) in [5.41, 5.74) is -3.00. The maximum atomic E-state index is 14.7. The van der Waals surface area contributed by atoms with Gasteiger partial charge in [-0.3, -0.25) is 24.5 Å². The second kappa shape index (κ2) is 14.1. The van der Waals surface area contributed by atoms with Gasteiger partial charge < -0.3 is 25.8 Å². The van der Waals surface area contributed by atoms with Crippen LogP contribution in [0.2, 0.25) is 0 Å². The molecule has 0 saturated carbocycles. The molecule has 2 aromatic rings. The molecule has 0 aromatic heterocycles. The molecule has 0 fully saturated rings. The summed E-state index contributed by atoms with van der Waals surface area (Å²) in [6.07, 6.45) is -7.90. The number of carboxylic acids is 1. The number of alkyl halides is 3. The van der Waals surface area contributed by atoms with Crippen molar-refractivity contribution in [3.63, 3.8) is 0 Å². The normalized spacial score (nSPS) is 14.8. The smallest absolute Gasteiger partial charge is 0.421 e. The highest BCUT2D eigenvalue weighted by Gasteiger charge is 2.62. The number of nitrogens with one attached hydrogen (secondary N) is 4. The molecule has 0 bridgehead atoms. The predicted molar refractivity (Wildman–Crippen MR) is 139 cm³/mol. The Labute approximate surface area is 233 Å². The molecule has 14 heteroatoms. The van der Waals surface area contributed by atoms with Gasteiger partial charge in [0, 0.05) is 6.42 Å². The van der Waals surface area contributed by atoms with Gasteiger partial charge in [0.05, 0.1) is 0 Å².